The lowest BCUT2D eigenvalue weighted by atomic mass is 10.0. The fraction of sp³-hybridized carbons (Fsp3) is 0.261. The number of amides is 2. The molecule has 10 heteroatoms. The highest BCUT2D eigenvalue weighted by molar-refractivity contribution is 7.94. The van der Waals surface area contributed by atoms with Crippen LogP contribution in [-0.2, 0) is 16.4 Å². The monoisotopic (exact) mass is 485 g/mol. The van der Waals surface area contributed by atoms with Crippen molar-refractivity contribution in [3.8, 4) is 0 Å². The second-order valence-electron chi connectivity index (χ2n) is 7.86. The molecule has 1 aliphatic heterocycles. The largest absolute Gasteiger partial charge is 0.366 e. The Labute approximate surface area is 194 Å². The minimum Gasteiger partial charge on any atom is -0.366 e. The number of fused-ring (bicyclic) bond motifs is 1. The van der Waals surface area contributed by atoms with Gasteiger partial charge in [-0.2, -0.15) is 11.3 Å². The van der Waals surface area contributed by atoms with Crippen molar-refractivity contribution in [3.63, 3.8) is 0 Å². The summed E-state index contributed by atoms with van der Waals surface area (Å²) in [5.74, 6) is -1.51. The molecule has 1 aliphatic rings. The van der Waals surface area contributed by atoms with E-state index in [0.717, 1.165) is 11.8 Å². The van der Waals surface area contributed by atoms with Crippen LogP contribution >= 0.6 is 11.3 Å². The molecule has 0 radical (unpaired) electrons. The van der Waals surface area contributed by atoms with E-state index in [1.807, 2.05) is 6.92 Å². The summed E-state index contributed by atoms with van der Waals surface area (Å²) in [4.78, 5) is 40.7. The van der Waals surface area contributed by atoms with Gasteiger partial charge in [0.2, 0.25) is 0 Å². The summed E-state index contributed by atoms with van der Waals surface area (Å²) in [7, 11) is -3.43. The summed E-state index contributed by atoms with van der Waals surface area (Å²) >= 11 is 1.36. The molecule has 0 saturated heterocycles. The predicted molar refractivity (Wildman–Crippen MR) is 129 cm³/mol. The van der Waals surface area contributed by atoms with Gasteiger partial charge in [-0.3, -0.25) is 19.3 Å². The molecule has 0 saturated carbocycles. The number of nitrogens with two attached hydrogens (primary N) is 1. The molecule has 0 spiro atoms. The first kappa shape index (κ1) is 22.9. The Hall–Kier alpha value is -3.24. The Morgan fingerprint density at radius 2 is 2.03 bits per heavy atom. The standard InChI is InChI=1S/C23H23N3O5S2/c1-2-3-9-25-20-15(5-4-6-18(20)21(24)27)12-19(22(25)28)23(29)26(16-7-10-32-13-16)17-8-11-33(30,31)14-17/h4-8,10-13,17H,2-3,9,14H2,1H3,(H2,24,27). The first-order valence-corrected chi connectivity index (χ1v) is 13.1. The SMILES string of the molecule is CCCCn1c(=O)c(C(=O)N(c2ccsc2)C2C=CS(=O)(=O)C2)cc2cccc(C(N)=O)c21. The van der Waals surface area contributed by atoms with E-state index in [9.17, 15) is 22.8 Å². The van der Waals surface area contributed by atoms with Crippen LogP contribution in [0.25, 0.3) is 10.9 Å². The van der Waals surface area contributed by atoms with Crippen molar-refractivity contribution in [1.82, 2.24) is 4.57 Å². The molecule has 2 N–H and O–H groups in total. The number of carbonyl (C=O) groups excluding carboxylic acids is 2. The summed E-state index contributed by atoms with van der Waals surface area (Å²) in [5, 5.41) is 5.15. The van der Waals surface area contributed by atoms with Crippen molar-refractivity contribution in [2.75, 3.05) is 10.7 Å². The number of thiophene rings is 1. The van der Waals surface area contributed by atoms with Gasteiger partial charge in [0.25, 0.3) is 17.4 Å². The van der Waals surface area contributed by atoms with Crippen molar-refractivity contribution in [2.45, 2.75) is 32.4 Å². The highest BCUT2D eigenvalue weighted by Gasteiger charge is 2.34. The van der Waals surface area contributed by atoms with E-state index in [4.69, 9.17) is 5.73 Å². The highest BCUT2D eigenvalue weighted by Crippen LogP contribution is 2.27. The Bertz CT molecular complexity index is 1420. The Morgan fingerprint density at radius 1 is 1.24 bits per heavy atom. The Morgan fingerprint density at radius 3 is 2.64 bits per heavy atom. The number of hydrogen-bond acceptors (Lipinski definition) is 6. The fourth-order valence-electron chi connectivity index (χ4n) is 4.03. The second kappa shape index (κ2) is 8.95. The number of benzene rings is 1. The third-order valence-corrected chi connectivity index (χ3v) is 7.64. The first-order valence-electron chi connectivity index (χ1n) is 10.5. The zero-order valence-electron chi connectivity index (χ0n) is 17.9. The molecule has 1 atom stereocenters. The molecule has 33 heavy (non-hydrogen) atoms. The quantitative estimate of drug-likeness (QED) is 0.552. The van der Waals surface area contributed by atoms with E-state index >= 15 is 0 Å². The third kappa shape index (κ3) is 4.36. The number of aryl methyl sites for hydroxylation is 1. The summed E-state index contributed by atoms with van der Waals surface area (Å²) in [6, 6.07) is 7.36. The zero-order valence-corrected chi connectivity index (χ0v) is 19.6. The Balaban J connectivity index is 1.92. The molecule has 3 heterocycles. The van der Waals surface area contributed by atoms with Crippen LogP contribution in [0.1, 0.15) is 40.5 Å². The number of primary amides is 1. The van der Waals surface area contributed by atoms with Gasteiger partial charge in [-0.25, -0.2) is 8.42 Å². The summed E-state index contributed by atoms with van der Waals surface area (Å²) < 4.78 is 25.5. The number of hydrogen-bond donors (Lipinski definition) is 1. The van der Waals surface area contributed by atoms with Crippen LogP contribution in [0.5, 0.6) is 0 Å². The summed E-state index contributed by atoms with van der Waals surface area (Å²) in [6.45, 7) is 2.29. The van der Waals surface area contributed by atoms with Crippen molar-refractivity contribution in [1.29, 1.82) is 0 Å². The molecule has 2 aromatic heterocycles. The highest BCUT2D eigenvalue weighted by atomic mass is 32.2. The molecule has 0 bridgehead atoms. The number of nitrogens with zero attached hydrogens (tertiary/aromatic N) is 2. The maximum absolute atomic E-state index is 13.7. The van der Waals surface area contributed by atoms with E-state index in [1.165, 1.54) is 32.9 Å². The molecular weight excluding hydrogens is 462 g/mol. The van der Waals surface area contributed by atoms with Crippen molar-refractivity contribution < 1.29 is 18.0 Å². The maximum atomic E-state index is 13.7. The van der Waals surface area contributed by atoms with Gasteiger partial charge in [0.05, 0.1) is 28.6 Å². The van der Waals surface area contributed by atoms with Gasteiger partial charge < -0.3 is 10.3 Å². The summed E-state index contributed by atoms with van der Waals surface area (Å²) in [6.07, 6.45) is 2.93. The van der Waals surface area contributed by atoms with Crippen LogP contribution in [0.15, 0.2) is 57.4 Å². The molecule has 8 nitrogen and oxygen atoms in total. The van der Waals surface area contributed by atoms with Crippen molar-refractivity contribution in [3.05, 3.63) is 74.1 Å². The van der Waals surface area contributed by atoms with Crippen LogP contribution in [0.3, 0.4) is 0 Å². The summed E-state index contributed by atoms with van der Waals surface area (Å²) in [5.41, 5.74) is 6.04. The van der Waals surface area contributed by atoms with Gasteiger partial charge in [0, 0.05) is 22.7 Å². The minimum absolute atomic E-state index is 0.0934. The van der Waals surface area contributed by atoms with E-state index in [-0.39, 0.29) is 16.9 Å². The van der Waals surface area contributed by atoms with Gasteiger partial charge in [0.1, 0.15) is 5.56 Å². The lowest BCUT2D eigenvalue weighted by Gasteiger charge is -2.27. The molecule has 3 aromatic rings. The number of anilines is 1. The van der Waals surface area contributed by atoms with Gasteiger partial charge >= 0.3 is 0 Å². The molecule has 172 valence electrons. The topological polar surface area (TPSA) is 120 Å². The first-order chi connectivity index (χ1) is 15.7. The number of carbonyl (C=O) groups is 2. The molecule has 0 aliphatic carbocycles. The molecule has 1 unspecified atom stereocenters. The van der Waals surface area contributed by atoms with Gasteiger partial charge in [0.15, 0.2) is 9.84 Å². The minimum atomic E-state index is -3.43. The van der Waals surface area contributed by atoms with Crippen LogP contribution in [0.2, 0.25) is 0 Å². The fourth-order valence-corrected chi connectivity index (χ4v) is 5.92. The van der Waals surface area contributed by atoms with Crippen molar-refractivity contribution >= 4 is 49.6 Å². The predicted octanol–water partition coefficient (Wildman–Crippen LogP) is 2.92. The second-order valence-corrected chi connectivity index (χ2v) is 10.6. The number of pyridine rings is 1. The lowest BCUT2D eigenvalue weighted by molar-refractivity contribution is 0.0979. The Kier molecular flexibility index (Phi) is 6.22. The lowest BCUT2D eigenvalue weighted by Crippen LogP contribution is -2.44. The van der Waals surface area contributed by atoms with Gasteiger partial charge in [-0.05, 0) is 36.1 Å². The van der Waals surface area contributed by atoms with Crippen LogP contribution in [-0.4, -0.2) is 36.6 Å². The number of unbranched alkanes of at least 4 members (excludes halogenated alkanes) is 1. The normalized spacial score (nSPS) is 16.8. The third-order valence-electron chi connectivity index (χ3n) is 5.59. The van der Waals surface area contributed by atoms with Gasteiger partial charge in [-0.15, -0.1) is 0 Å². The van der Waals surface area contributed by atoms with Gasteiger partial charge in [-0.1, -0.05) is 25.5 Å². The molecular formula is C23H23N3O5S2. The molecule has 2 amide bonds. The van der Waals surface area contributed by atoms with E-state index in [0.29, 0.717) is 29.6 Å². The van der Waals surface area contributed by atoms with E-state index in [2.05, 4.69) is 0 Å². The molecule has 0 fully saturated rings. The molecule has 1 aromatic carbocycles. The molecule has 4 rings (SSSR count). The van der Waals surface area contributed by atoms with E-state index < -0.39 is 33.3 Å². The van der Waals surface area contributed by atoms with Crippen LogP contribution < -0.4 is 16.2 Å². The smallest absolute Gasteiger partial charge is 0.264 e. The van der Waals surface area contributed by atoms with Crippen LogP contribution in [0, 0.1) is 0 Å². The number of aromatic nitrogens is 1. The number of para-hydroxylation sites is 1. The maximum Gasteiger partial charge on any atom is 0.264 e. The zero-order chi connectivity index (χ0) is 23.8. The number of sulfone groups is 1. The van der Waals surface area contributed by atoms with E-state index in [1.54, 1.807) is 35.0 Å². The number of rotatable bonds is 7. The average Bonchev–Trinajstić information content (AvgIpc) is 3.42. The van der Waals surface area contributed by atoms with Crippen LogP contribution in [0.4, 0.5) is 5.69 Å². The van der Waals surface area contributed by atoms with Crippen molar-refractivity contribution in [2.24, 2.45) is 5.73 Å². The average molecular weight is 486 g/mol.